The summed E-state index contributed by atoms with van der Waals surface area (Å²) in [5.74, 6) is 0.702. The maximum Gasteiger partial charge on any atom is 0.283 e. The molecule has 1 N–H and O–H groups in total. The molecular formula is C24H24N4O5S2. The molecule has 1 amide bonds. The fraction of sp³-hybridized carbons (Fsp3) is 0.250. The van der Waals surface area contributed by atoms with E-state index in [4.69, 9.17) is 14.9 Å². The van der Waals surface area contributed by atoms with Crippen LogP contribution in [0.4, 0.5) is 0 Å². The number of carbonyl (C=O) groups excluding carboxylic acids is 1. The van der Waals surface area contributed by atoms with Gasteiger partial charge in [0, 0.05) is 12.7 Å². The highest BCUT2D eigenvalue weighted by molar-refractivity contribution is 8.42. The van der Waals surface area contributed by atoms with Crippen molar-refractivity contribution < 1.29 is 22.7 Å². The summed E-state index contributed by atoms with van der Waals surface area (Å²) in [5, 5.41) is 13.4. The Labute approximate surface area is 208 Å². The minimum atomic E-state index is -3.57. The van der Waals surface area contributed by atoms with E-state index in [1.54, 1.807) is 24.3 Å². The van der Waals surface area contributed by atoms with Crippen LogP contribution in [0.5, 0.6) is 11.5 Å². The van der Waals surface area contributed by atoms with E-state index in [0.29, 0.717) is 24.5 Å². The Balaban J connectivity index is 1.34. The predicted molar refractivity (Wildman–Crippen MR) is 138 cm³/mol. The number of ether oxygens (including phenoxy) is 2. The summed E-state index contributed by atoms with van der Waals surface area (Å²) in [5.41, 5.74) is 3.01. The molecule has 0 bridgehead atoms. The van der Waals surface area contributed by atoms with Crippen molar-refractivity contribution in [3.8, 4) is 11.5 Å². The van der Waals surface area contributed by atoms with Crippen LogP contribution in [0.1, 0.15) is 23.1 Å². The molecule has 9 nitrogen and oxygen atoms in total. The Morgan fingerprint density at radius 2 is 1.80 bits per heavy atom. The van der Waals surface area contributed by atoms with Gasteiger partial charge in [0.05, 0.1) is 18.8 Å². The summed E-state index contributed by atoms with van der Waals surface area (Å²) in [6, 6.07) is 13.1. The first-order valence-electron chi connectivity index (χ1n) is 10.8. The third-order valence-corrected chi connectivity index (χ3v) is 7.89. The summed E-state index contributed by atoms with van der Waals surface area (Å²) in [7, 11) is -3.57. The second-order valence-electron chi connectivity index (χ2n) is 7.98. The summed E-state index contributed by atoms with van der Waals surface area (Å²) in [4.78, 5) is 16.3. The van der Waals surface area contributed by atoms with Gasteiger partial charge in [-0.3, -0.25) is 10.2 Å². The van der Waals surface area contributed by atoms with Crippen LogP contribution in [-0.4, -0.2) is 54.2 Å². The van der Waals surface area contributed by atoms with Crippen LogP contribution in [0, 0.1) is 19.3 Å². The van der Waals surface area contributed by atoms with E-state index in [9.17, 15) is 13.2 Å². The summed E-state index contributed by atoms with van der Waals surface area (Å²) < 4.78 is 34.9. The Hall–Kier alpha value is -3.44. The number of hydrogen-bond acceptors (Lipinski definition) is 8. The number of aliphatic imine (C=N–C) groups is 1. The number of carbonyl (C=O) groups is 1. The second-order valence-corrected chi connectivity index (χ2v) is 11.1. The summed E-state index contributed by atoms with van der Waals surface area (Å²) >= 11 is 0.754. The molecule has 0 radical (unpaired) electrons. The molecule has 2 aliphatic rings. The van der Waals surface area contributed by atoms with Gasteiger partial charge in [-0.05, 0) is 66.6 Å². The largest absolute Gasteiger partial charge is 0.493 e. The fourth-order valence-corrected chi connectivity index (χ4v) is 4.95. The first-order chi connectivity index (χ1) is 16.6. The van der Waals surface area contributed by atoms with Crippen LogP contribution in [0.15, 0.2) is 58.1 Å². The van der Waals surface area contributed by atoms with E-state index in [1.165, 1.54) is 11.6 Å². The first kappa shape index (κ1) is 24.7. The minimum absolute atomic E-state index is 0.0186. The highest BCUT2D eigenvalue weighted by Gasteiger charge is 2.38. The van der Waals surface area contributed by atoms with E-state index >= 15 is 0 Å². The third-order valence-electron chi connectivity index (χ3n) is 5.31. The molecule has 182 valence electrons. The number of fused-ring (bicyclic) bond motifs is 1. The molecule has 0 spiro atoms. The van der Waals surface area contributed by atoms with E-state index in [0.717, 1.165) is 40.8 Å². The molecule has 0 saturated heterocycles. The number of benzene rings is 2. The maximum absolute atomic E-state index is 12.4. The van der Waals surface area contributed by atoms with Crippen molar-refractivity contribution >= 4 is 49.0 Å². The van der Waals surface area contributed by atoms with Gasteiger partial charge in [-0.1, -0.05) is 24.3 Å². The Bertz CT molecular complexity index is 1380. The molecule has 0 saturated carbocycles. The van der Waals surface area contributed by atoms with Gasteiger partial charge in [-0.25, -0.2) is 8.42 Å². The van der Waals surface area contributed by atoms with Crippen molar-refractivity contribution in [2.75, 3.05) is 19.5 Å². The minimum Gasteiger partial charge on any atom is -0.493 e. The molecule has 2 aromatic rings. The monoisotopic (exact) mass is 512 g/mol. The molecule has 2 aromatic carbocycles. The van der Waals surface area contributed by atoms with Gasteiger partial charge in [-0.15, -0.1) is 5.10 Å². The molecule has 2 aliphatic heterocycles. The number of thioether (sulfide) groups is 1. The quantitative estimate of drug-likeness (QED) is 0.443. The number of aryl methyl sites for hydroxylation is 1. The SMILES string of the molecule is Cc1cccc(OCCCOc2ccc(/C=C3/C(=N)N4N=C(S(C)(=O)=O)SC4=NC3=O)cc2)c1C. The molecule has 0 unspecified atom stereocenters. The van der Waals surface area contributed by atoms with Crippen LogP contribution in [0.2, 0.25) is 0 Å². The van der Waals surface area contributed by atoms with Gasteiger partial charge >= 0.3 is 0 Å². The molecule has 0 aliphatic carbocycles. The number of nitrogens with one attached hydrogen (secondary N) is 1. The lowest BCUT2D eigenvalue weighted by atomic mass is 10.1. The maximum atomic E-state index is 12.4. The van der Waals surface area contributed by atoms with Gasteiger partial charge in [0.1, 0.15) is 11.5 Å². The second kappa shape index (κ2) is 10.0. The smallest absolute Gasteiger partial charge is 0.283 e. The lowest BCUT2D eigenvalue weighted by molar-refractivity contribution is -0.114. The van der Waals surface area contributed by atoms with Crippen molar-refractivity contribution in [1.29, 1.82) is 5.41 Å². The predicted octanol–water partition coefficient (Wildman–Crippen LogP) is 3.77. The average Bonchev–Trinajstić information content (AvgIpc) is 3.25. The van der Waals surface area contributed by atoms with Gasteiger partial charge < -0.3 is 9.47 Å². The number of amidine groups is 2. The van der Waals surface area contributed by atoms with Gasteiger partial charge in [0.25, 0.3) is 5.91 Å². The van der Waals surface area contributed by atoms with Crippen LogP contribution in [-0.2, 0) is 14.6 Å². The van der Waals surface area contributed by atoms with Crippen molar-refractivity contribution in [2.45, 2.75) is 20.3 Å². The highest BCUT2D eigenvalue weighted by atomic mass is 32.3. The molecule has 0 fully saturated rings. The third kappa shape index (κ3) is 5.63. The zero-order valence-electron chi connectivity index (χ0n) is 19.4. The number of hydrazone groups is 1. The number of rotatable bonds is 7. The topological polar surface area (TPSA) is 121 Å². The lowest BCUT2D eigenvalue weighted by Gasteiger charge is -2.20. The van der Waals surface area contributed by atoms with Gasteiger partial charge in [0.15, 0.2) is 5.84 Å². The zero-order valence-corrected chi connectivity index (χ0v) is 21.1. The molecule has 0 atom stereocenters. The van der Waals surface area contributed by atoms with Crippen molar-refractivity contribution in [2.24, 2.45) is 10.1 Å². The molecular weight excluding hydrogens is 488 g/mol. The van der Waals surface area contributed by atoms with Crippen LogP contribution in [0.25, 0.3) is 6.08 Å². The Morgan fingerprint density at radius 3 is 2.51 bits per heavy atom. The lowest BCUT2D eigenvalue weighted by Crippen LogP contribution is -2.35. The van der Waals surface area contributed by atoms with Crippen LogP contribution in [0.3, 0.4) is 0 Å². The number of sulfone groups is 1. The summed E-state index contributed by atoms with van der Waals surface area (Å²) in [6.45, 7) is 5.12. The summed E-state index contributed by atoms with van der Waals surface area (Å²) in [6.07, 6.45) is 3.25. The Kier molecular flexibility index (Phi) is 7.08. The van der Waals surface area contributed by atoms with E-state index < -0.39 is 15.7 Å². The van der Waals surface area contributed by atoms with E-state index in [1.807, 2.05) is 19.1 Å². The molecule has 35 heavy (non-hydrogen) atoms. The average molecular weight is 513 g/mol. The van der Waals surface area contributed by atoms with E-state index in [-0.39, 0.29) is 21.0 Å². The van der Waals surface area contributed by atoms with Crippen molar-refractivity contribution in [1.82, 2.24) is 5.01 Å². The van der Waals surface area contributed by atoms with Crippen LogP contribution >= 0.6 is 11.8 Å². The van der Waals surface area contributed by atoms with Gasteiger partial charge in [0.2, 0.25) is 19.4 Å². The number of nitrogens with zero attached hydrogens (tertiary/aromatic N) is 3. The van der Waals surface area contributed by atoms with Crippen molar-refractivity contribution in [3.05, 3.63) is 64.7 Å². The van der Waals surface area contributed by atoms with E-state index in [2.05, 4.69) is 23.1 Å². The highest BCUT2D eigenvalue weighted by Crippen LogP contribution is 2.30. The first-order valence-corrected chi connectivity index (χ1v) is 13.5. The fourth-order valence-electron chi connectivity index (χ4n) is 3.26. The zero-order chi connectivity index (χ0) is 25.2. The van der Waals surface area contributed by atoms with Gasteiger partial charge in [-0.2, -0.15) is 10.0 Å². The standard InChI is InChI=1S/C24H24N4O5S2/c1-15-6-4-7-20(16(15)2)33-13-5-12-32-18-10-8-17(9-11-18)14-19-21(25)28-23(26-22(19)29)34-24(27-28)35(3,30)31/h4,6-11,14,25H,5,12-13H2,1-3H3/b19-14-,25-21?. The Morgan fingerprint density at radius 1 is 1.09 bits per heavy atom. The molecule has 2 heterocycles. The van der Waals surface area contributed by atoms with Crippen molar-refractivity contribution in [3.63, 3.8) is 0 Å². The molecule has 11 heteroatoms. The number of amides is 1. The number of hydrogen-bond donors (Lipinski definition) is 1. The molecule has 4 rings (SSSR count). The molecule has 0 aromatic heterocycles. The normalized spacial score (nSPS) is 16.8. The van der Waals surface area contributed by atoms with Crippen LogP contribution < -0.4 is 9.47 Å².